The molecule has 0 amide bonds. The minimum atomic E-state index is -0.832. The molecule has 0 heterocycles. The van der Waals surface area contributed by atoms with Gasteiger partial charge in [-0.05, 0) is 23.3 Å². The largest absolute Gasteiger partial charge is 0.497 e. The van der Waals surface area contributed by atoms with Gasteiger partial charge in [-0.1, -0.05) is 18.2 Å². The molecule has 2 N–H and O–H groups in total. The smallest absolute Gasteiger partial charge is 0.119 e. The Morgan fingerprint density at radius 1 is 1.29 bits per heavy atom. The Labute approximate surface area is 82.3 Å². The van der Waals surface area contributed by atoms with E-state index in [4.69, 9.17) is 4.74 Å². The molecule has 1 aliphatic carbocycles. The Hall–Kier alpha value is -1.32. The molecule has 1 aliphatic rings. The second-order valence-corrected chi connectivity index (χ2v) is 3.29. The lowest BCUT2D eigenvalue weighted by Gasteiger charge is -2.21. The summed E-state index contributed by atoms with van der Waals surface area (Å²) in [7, 11) is 1.60. The number of fused-ring (bicyclic) bond motifs is 1. The van der Waals surface area contributed by atoms with E-state index in [1.807, 2.05) is 6.07 Å². The maximum absolute atomic E-state index is 9.65. The van der Waals surface area contributed by atoms with Gasteiger partial charge in [0.25, 0.3) is 0 Å². The van der Waals surface area contributed by atoms with Crippen molar-refractivity contribution in [2.45, 2.75) is 12.2 Å². The van der Waals surface area contributed by atoms with Crippen LogP contribution < -0.4 is 4.74 Å². The molecule has 0 bridgehead atoms. The Bertz CT molecular complexity index is 371. The van der Waals surface area contributed by atoms with Gasteiger partial charge in [0.2, 0.25) is 0 Å². The first-order valence-electron chi connectivity index (χ1n) is 4.44. The summed E-state index contributed by atoms with van der Waals surface area (Å²) in [6, 6.07) is 5.38. The van der Waals surface area contributed by atoms with Crippen LogP contribution >= 0.6 is 0 Å². The molecule has 74 valence electrons. The quantitative estimate of drug-likeness (QED) is 0.701. The summed E-state index contributed by atoms with van der Waals surface area (Å²) in [6.45, 7) is 0. The van der Waals surface area contributed by atoms with E-state index in [9.17, 15) is 10.2 Å². The van der Waals surface area contributed by atoms with E-state index in [0.717, 1.165) is 16.9 Å². The molecule has 2 unspecified atom stereocenters. The fourth-order valence-electron chi connectivity index (χ4n) is 1.58. The summed E-state index contributed by atoms with van der Waals surface area (Å²) >= 11 is 0. The summed E-state index contributed by atoms with van der Waals surface area (Å²) in [5.41, 5.74) is 1.63. The van der Waals surface area contributed by atoms with Gasteiger partial charge in [-0.3, -0.25) is 0 Å². The highest BCUT2D eigenvalue weighted by atomic mass is 16.5. The van der Waals surface area contributed by atoms with Crippen LogP contribution in [0.5, 0.6) is 5.75 Å². The van der Waals surface area contributed by atoms with Gasteiger partial charge in [-0.25, -0.2) is 0 Å². The minimum Gasteiger partial charge on any atom is -0.497 e. The number of hydrogen-bond donors (Lipinski definition) is 2. The zero-order valence-corrected chi connectivity index (χ0v) is 7.84. The third-order valence-corrected chi connectivity index (χ3v) is 2.41. The van der Waals surface area contributed by atoms with Gasteiger partial charge in [0.05, 0.1) is 7.11 Å². The molecule has 1 aromatic carbocycles. The Balaban J connectivity index is 2.46. The molecule has 0 saturated carbocycles. The number of rotatable bonds is 1. The van der Waals surface area contributed by atoms with Gasteiger partial charge in [-0.15, -0.1) is 0 Å². The van der Waals surface area contributed by atoms with E-state index in [0.29, 0.717) is 0 Å². The molecule has 0 aliphatic heterocycles. The maximum Gasteiger partial charge on any atom is 0.119 e. The van der Waals surface area contributed by atoms with Gasteiger partial charge in [-0.2, -0.15) is 0 Å². The zero-order chi connectivity index (χ0) is 10.1. The number of hydrogen-bond acceptors (Lipinski definition) is 3. The predicted molar refractivity (Wildman–Crippen MR) is 53.0 cm³/mol. The van der Waals surface area contributed by atoms with E-state index < -0.39 is 12.2 Å². The first-order chi connectivity index (χ1) is 6.72. The van der Waals surface area contributed by atoms with Crippen molar-refractivity contribution in [1.29, 1.82) is 0 Å². The van der Waals surface area contributed by atoms with Crippen molar-refractivity contribution in [2.75, 3.05) is 7.11 Å². The molecule has 2 atom stereocenters. The SMILES string of the molecule is COc1ccc2c(c1)C=CC(O)C2O. The first-order valence-corrected chi connectivity index (χ1v) is 4.44. The molecule has 3 heteroatoms. The molecule has 0 saturated heterocycles. The molecule has 14 heavy (non-hydrogen) atoms. The van der Waals surface area contributed by atoms with Crippen LogP contribution in [0, 0.1) is 0 Å². The lowest BCUT2D eigenvalue weighted by atomic mass is 9.93. The van der Waals surface area contributed by atoms with Crippen LogP contribution in [-0.4, -0.2) is 23.4 Å². The Morgan fingerprint density at radius 3 is 2.79 bits per heavy atom. The van der Waals surface area contributed by atoms with Crippen molar-refractivity contribution >= 4 is 6.08 Å². The third-order valence-electron chi connectivity index (χ3n) is 2.41. The fraction of sp³-hybridized carbons (Fsp3) is 0.273. The summed E-state index contributed by atoms with van der Waals surface area (Å²) < 4.78 is 5.06. The number of aliphatic hydroxyl groups is 2. The van der Waals surface area contributed by atoms with Crippen LogP contribution in [0.4, 0.5) is 0 Å². The molecule has 2 rings (SSSR count). The molecular weight excluding hydrogens is 180 g/mol. The van der Waals surface area contributed by atoms with Crippen LogP contribution in [0.1, 0.15) is 17.2 Å². The zero-order valence-electron chi connectivity index (χ0n) is 7.84. The van der Waals surface area contributed by atoms with Crippen LogP contribution in [0.25, 0.3) is 6.08 Å². The molecule has 0 radical (unpaired) electrons. The summed E-state index contributed by atoms with van der Waals surface area (Å²) in [5.74, 6) is 0.747. The van der Waals surface area contributed by atoms with Gasteiger partial charge >= 0.3 is 0 Å². The number of methoxy groups -OCH3 is 1. The summed E-state index contributed by atoms with van der Waals surface area (Å²) in [4.78, 5) is 0. The molecule has 0 fully saturated rings. The van der Waals surface area contributed by atoms with Crippen LogP contribution in [-0.2, 0) is 0 Å². The van der Waals surface area contributed by atoms with E-state index in [-0.39, 0.29) is 0 Å². The number of benzene rings is 1. The Kier molecular flexibility index (Phi) is 2.27. The summed E-state index contributed by atoms with van der Waals surface area (Å²) in [6.07, 6.45) is 1.72. The van der Waals surface area contributed by atoms with Crippen molar-refractivity contribution in [3.05, 3.63) is 35.4 Å². The van der Waals surface area contributed by atoms with Gasteiger partial charge in [0.1, 0.15) is 18.0 Å². The van der Waals surface area contributed by atoms with E-state index in [1.54, 1.807) is 31.4 Å². The van der Waals surface area contributed by atoms with Gasteiger partial charge < -0.3 is 14.9 Å². The highest BCUT2D eigenvalue weighted by Crippen LogP contribution is 2.30. The van der Waals surface area contributed by atoms with Crippen LogP contribution in [0.2, 0.25) is 0 Å². The van der Waals surface area contributed by atoms with Gasteiger partial charge in [0, 0.05) is 0 Å². The maximum atomic E-state index is 9.65. The lowest BCUT2D eigenvalue weighted by Crippen LogP contribution is -2.19. The van der Waals surface area contributed by atoms with Gasteiger partial charge in [0.15, 0.2) is 0 Å². The molecule has 0 spiro atoms. The highest BCUT2D eigenvalue weighted by molar-refractivity contribution is 5.60. The van der Waals surface area contributed by atoms with E-state index >= 15 is 0 Å². The molecule has 0 aromatic heterocycles. The summed E-state index contributed by atoms with van der Waals surface area (Å²) in [5, 5.41) is 19.0. The first kappa shape index (κ1) is 9.24. The fourth-order valence-corrected chi connectivity index (χ4v) is 1.58. The van der Waals surface area contributed by atoms with E-state index in [2.05, 4.69) is 0 Å². The Morgan fingerprint density at radius 2 is 2.07 bits per heavy atom. The monoisotopic (exact) mass is 192 g/mol. The van der Waals surface area contributed by atoms with Crippen LogP contribution in [0.3, 0.4) is 0 Å². The van der Waals surface area contributed by atoms with Crippen molar-refractivity contribution < 1.29 is 14.9 Å². The van der Waals surface area contributed by atoms with Crippen LogP contribution in [0.15, 0.2) is 24.3 Å². The molecule has 1 aromatic rings. The van der Waals surface area contributed by atoms with Crippen molar-refractivity contribution in [1.82, 2.24) is 0 Å². The van der Waals surface area contributed by atoms with Crippen molar-refractivity contribution in [3.63, 3.8) is 0 Å². The standard InChI is InChI=1S/C11H12O3/c1-14-8-3-4-9-7(6-8)2-5-10(12)11(9)13/h2-6,10-13H,1H3. The lowest BCUT2D eigenvalue weighted by molar-refractivity contribution is 0.0470. The second kappa shape index (κ2) is 3.44. The van der Waals surface area contributed by atoms with Crippen molar-refractivity contribution in [2.24, 2.45) is 0 Å². The van der Waals surface area contributed by atoms with Crippen molar-refractivity contribution in [3.8, 4) is 5.75 Å². The number of ether oxygens (including phenoxy) is 1. The average Bonchev–Trinajstić information content (AvgIpc) is 2.23. The van der Waals surface area contributed by atoms with E-state index in [1.165, 1.54) is 0 Å². The molecular formula is C11H12O3. The third kappa shape index (κ3) is 1.41. The average molecular weight is 192 g/mol. The second-order valence-electron chi connectivity index (χ2n) is 3.29. The normalized spacial score (nSPS) is 24.5. The number of aliphatic hydroxyl groups excluding tert-OH is 2. The topological polar surface area (TPSA) is 49.7 Å². The minimum absolute atomic E-state index is 0.737. The predicted octanol–water partition coefficient (Wildman–Crippen LogP) is 1.12. The highest BCUT2D eigenvalue weighted by Gasteiger charge is 2.22. The molecule has 3 nitrogen and oxygen atoms in total.